The lowest BCUT2D eigenvalue weighted by molar-refractivity contribution is -0.120. The van der Waals surface area contributed by atoms with Gasteiger partial charge in [0.2, 0.25) is 5.91 Å². The average Bonchev–Trinajstić information content (AvgIpc) is 1.98. The zero-order valence-electron chi connectivity index (χ0n) is 7.30. The Kier molecular flexibility index (Phi) is 5.42. The summed E-state index contributed by atoms with van der Waals surface area (Å²) < 4.78 is 0. The topological polar surface area (TPSA) is 29.1 Å². The first-order valence-corrected chi connectivity index (χ1v) is 4.63. The van der Waals surface area contributed by atoms with Crippen molar-refractivity contribution in [2.24, 2.45) is 5.92 Å². The molecule has 0 aliphatic heterocycles. The van der Waals surface area contributed by atoms with Crippen molar-refractivity contribution in [3.63, 3.8) is 0 Å². The molecule has 0 spiro atoms. The van der Waals surface area contributed by atoms with Crippen LogP contribution in [-0.2, 0) is 4.79 Å². The molecule has 70 valence electrons. The molecule has 0 radical (unpaired) electrons. The lowest BCUT2D eigenvalue weighted by Crippen LogP contribution is -2.34. The molecule has 0 aromatic carbocycles. The maximum absolute atomic E-state index is 11.2. The summed E-state index contributed by atoms with van der Waals surface area (Å²) in [6, 6.07) is 0. The van der Waals surface area contributed by atoms with Gasteiger partial charge in [0.15, 0.2) is 0 Å². The molecule has 0 heterocycles. The van der Waals surface area contributed by atoms with Crippen LogP contribution < -0.4 is 5.32 Å². The zero-order chi connectivity index (χ0) is 9.72. The second kappa shape index (κ2) is 5.49. The Morgan fingerprint density at radius 3 is 2.50 bits per heavy atom. The fraction of sp³-hybridized carbons (Fsp3) is 0.625. The quantitative estimate of drug-likeness (QED) is 0.677. The van der Waals surface area contributed by atoms with E-state index in [4.69, 9.17) is 11.6 Å². The van der Waals surface area contributed by atoms with Crippen LogP contribution >= 0.6 is 24.2 Å². The highest BCUT2D eigenvalue weighted by Gasteiger charge is 2.16. The molecule has 1 amide bonds. The summed E-state index contributed by atoms with van der Waals surface area (Å²) in [6.07, 6.45) is 0. The molecular formula is C8H14ClNOS. The number of hydrogen-bond acceptors (Lipinski definition) is 2. The molecule has 2 nitrogen and oxygen atoms in total. The van der Waals surface area contributed by atoms with E-state index in [9.17, 15) is 4.79 Å². The van der Waals surface area contributed by atoms with E-state index in [0.29, 0.717) is 11.6 Å². The molecule has 0 rings (SSSR count). The van der Waals surface area contributed by atoms with Gasteiger partial charge in [-0.15, -0.1) is 0 Å². The molecule has 0 aliphatic rings. The minimum atomic E-state index is -0.277. The van der Waals surface area contributed by atoms with E-state index < -0.39 is 0 Å². The molecule has 0 aromatic heterocycles. The predicted octanol–water partition coefficient (Wildman–Crippen LogP) is 1.81. The van der Waals surface area contributed by atoms with Crippen LogP contribution in [0.4, 0.5) is 0 Å². The summed E-state index contributed by atoms with van der Waals surface area (Å²) in [6.45, 7) is 7.64. The van der Waals surface area contributed by atoms with Gasteiger partial charge in [0.25, 0.3) is 0 Å². The smallest absolute Gasteiger partial charge is 0.233 e. The van der Waals surface area contributed by atoms with Crippen molar-refractivity contribution in [2.75, 3.05) is 6.54 Å². The number of rotatable bonds is 4. The van der Waals surface area contributed by atoms with Gasteiger partial charge in [-0.05, 0) is 5.92 Å². The van der Waals surface area contributed by atoms with E-state index in [1.807, 2.05) is 13.8 Å². The molecule has 0 bridgehead atoms. The molecule has 0 aromatic rings. The highest BCUT2D eigenvalue weighted by Crippen LogP contribution is 2.08. The fourth-order valence-corrected chi connectivity index (χ4v) is 0.748. The molecule has 0 fully saturated rings. The van der Waals surface area contributed by atoms with E-state index >= 15 is 0 Å². The standard InChI is InChI=1S/C8H14ClNOS/c1-5(2)7(12)8(11)10-4-6(3)9/h5,7,12H,3-4H2,1-2H3,(H,10,11). The van der Waals surface area contributed by atoms with Gasteiger partial charge in [-0.25, -0.2) is 0 Å². The summed E-state index contributed by atoms with van der Waals surface area (Å²) in [5.74, 6) is 0.118. The third kappa shape index (κ3) is 4.67. The van der Waals surface area contributed by atoms with Gasteiger partial charge in [-0.1, -0.05) is 32.0 Å². The molecule has 1 atom stereocenters. The normalized spacial score (nSPS) is 12.8. The Hall–Kier alpha value is -0.150. The van der Waals surface area contributed by atoms with Crippen LogP contribution in [0.2, 0.25) is 0 Å². The Morgan fingerprint density at radius 1 is 1.67 bits per heavy atom. The molecule has 0 saturated heterocycles. The van der Waals surface area contributed by atoms with Crippen LogP contribution in [0.5, 0.6) is 0 Å². The van der Waals surface area contributed by atoms with Gasteiger partial charge in [0.05, 0.1) is 11.8 Å². The van der Waals surface area contributed by atoms with Crippen molar-refractivity contribution in [1.82, 2.24) is 5.32 Å². The van der Waals surface area contributed by atoms with Crippen LogP contribution in [0.3, 0.4) is 0 Å². The zero-order valence-corrected chi connectivity index (χ0v) is 8.95. The number of halogens is 1. The average molecular weight is 208 g/mol. The van der Waals surface area contributed by atoms with Crippen LogP contribution in [0, 0.1) is 5.92 Å². The second-order valence-electron chi connectivity index (χ2n) is 2.92. The number of hydrogen-bond donors (Lipinski definition) is 2. The highest BCUT2D eigenvalue weighted by molar-refractivity contribution is 7.81. The Bertz CT molecular complexity index is 182. The van der Waals surface area contributed by atoms with Crippen molar-refractivity contribution in [1.29, 1.82) is 0 Å². The van der Waals surface area contributed by atoms with Crippen molar-refractivity contribution in [2.45, 2.75) is 19.1 Å². The third-order valence-electron chi connectivity index (χ3n) is 1.35. The molecule has 4 heteroatoms. The van der Waals surface area contributed by atoms with E-state index in [-0.39, 0.29) is 17.1 Å². The van der Waals surface area contributed by atoms with Gasteiger partial charge < -0.3 is 5.32 Å². The minimum absolute atomic E-state index is 0.102. The molecule has 1 N–H and O–H groups in total. The summed E-state index contributed by atoms with van der Waals surface area (Å²) in [5.41, 5.74) is 0. The van der Waals surface area contributed by atoms with Crippen molar-refractivity contribution < 1.29 is 4.79 Å². The summed E-state index contributed by atoms with van der Waals surface area (Å²) >= 11 is 9.61. The van der Waals surface area contributed by atoms with Gasteiger partial charge in [0, 0.05) is 5.03 Å². The lowest BCUT2D eigenvalue weighted by atomic mass is 10.1. The third-order valence-corrected chi connectivity index (χ3v) is 2.32. The van der Waals surface area contributed by atoms with Crippen LogP contribution in [0.1, 0.15) is 13.8 Å². The summed E-state index contributed by atoms with van der Waals surface area (Å²) in [4.78, 5) is 11.2. The number of thiol groups is 1. The van der Waals surface area contributed by atoms with Crippen LogP contribution in [-0.4, -0.2) is 17.7 Å². The SMILES string of the molecule is C=C(Cl)CNC(=O)C(S)C(C)C. The second-order valence-corrected chi connectivity index (χ2v) is 4.01. The van der Waals surface area contributed by atoms with Gasteiger partial charge in [0.1, 0.15) is 0 Å². The van der Waals surface area contributed by atoms with Crippen molar-refractivity contribution in [3.8, 4) is 0 Å². The lowest BCUT2D eigenvalue weighted by Gasteiger charge is -2.13. The maximum Gasteiger partial charge on any atom is 0.233 e. The number of nitrogens with one attached hydrogen (secondary N) is 1. The monoisotopic (exact) mass is 207 g/mol. The molecule has 0 aliphatic carbocycles. The number of carbonyl (C=O) groups is 1. The molecule has 1 unspecified atom stereocenters. The Labute approximate surface area is 83.8 Å². The van der Waals surface area contributed by atoms with Crippen molar-refractivity contribution in [3.05, 3.63) is 11.6 Å². The van der Waals surface area contributed by atoms with Gasteiger partial charge in [-0.2, -0.15) is 12.6 Å². The number of amides is 1. The summed E-state index contributed by atoms with van der Waals surface area (Å²) in [5, 5.41) is 2.76. The van der Waals surface area contributed by atoms with Gasteiger partial charge >= 0.3 is 0 Å². The molecular weight excluding hydrogens is 194 g/mol. The largest absolute Gasteiger partial charge is 0.350 e. The van der Waals surface area contributed by atoms with Gasteiger partial charge in [-0.3, -0.25) is 4.79 Å². The van der Waals surface area contributed by atoms with E-state index in [2.05, 4.69) is 24.5 Å². The fourth-order valence-electron chi connectivity index (χ4n) is 0.590. The van der Waals surface area contributed by atoms with E-state index in [1.54, 1.807) is 0 Å². The summed E-state index contributed by atoms with van der Waals surface area (Å²) in [7, 11) is 0. The minimum Gasteiger partial charge on any atom is -0.350 e. The predicted molar refractivity (Wildman–Crippen MR) is 55.6 cm³/mol. The molecule has 12 heavy (non-hydrogen) atoms. The highest BCUT2D eigenvalue weighted by atomic mass is 35.5. The molecule has 0 saturated carbocycles. The Balaban J connectivity index is 3.80. The number of carbonyl (C=O) groups excluding carboxylic acids is 1. The first kappa shape index (κ1) is 11.8. The van der Waals surface area contributed by atoms with E-state index in [1.165, 1.54) is 0 Å². The van der Waals surface area contributed by atoms with Crippen molar-refractivity contribution >= 4 is 30.1 Å². The first-order valence-electron chi connectivity index (χ1n) is 3.74. The maximum atomic E-state index is 11.2. The first-order chi connectivity index (χ1) is 5.45. The van der Waals surface area contributed by atoms with Crippen LogP contribution in [0.25, 0.3) is 0 Å². The van der Waals surface area contributed by atoms with Crippen LogP contribution in [0.15, 0.2) is 11.6 Å². The van der Waals surface area contributed by atoms with E-state index in [0.717, 1.165) is 0 Å². The Morgan fingerprint density at radius 2 is 2.17 bits per heavy atom.